The number of rotatable bonds is 2. The topological polar surface area (TPSA) is 49.8 Å². The van der Waals surface area contributed by atoms with Crippen LogP contribution in [0.1, 0.15) is 36.1 Å². The zero-order valence-electron chi connectivity index (χ0n) is 15.4. The maximum atomic E-state index is 12.6. The predicted octanol–water partition coefficient (Wildman–Crippen LogP) is 3.58. The summed E-state index contributed by atoms with van der Waals surface area (Å²) in [7, 11) is 0. The summed E-state index contributed by atoms with van der Waals surface area (Å²) in [4.78, 5) is 17.3. The number of ether oxygens (including phenoxy) is 1. The second-order valence-electron chi connectivity index (χ2n) is 8.07. The number of piperidine rings is 1. The molecule has 1 aliphatic carbocycles. The third kappa shape index (κ3) is 3.02. The van der Waals surface area contributed by atoms with Gasteiger partial charge in [-0.25, -0.2) is 0 Å². The van der Waals surface area contributed by atoms with Crippen LogP contribution in [0.5, 0.6) is 0 Å². The fourth-order valence-electron chi connectivity index (χ4n) is 4.67. The van der Waals surface area contributed by atoms with Gasteiger partial charge in [-0.2, -0.15) is 0 Å². The van der Waals surface area contributed by atoms with Crippen LogP contribution >= 0.6 is 11.3 Å². The van der Waals surface area contributed by atoms with Gasteiger partial charge >= 0.3 is 0 Å². The number of aliphatic hydroxyl groups excluding tert-OH is 1. The Morgan fingerprint density at radius 1 is 1.19 bits per heavy atom. The highest BCUT2D eigenvalue weighted by Gasteiger charge is 2.45. The molecule has 2 aliphatic heterocycles. The SMILES string of the molecule is O=C(C1CC(O)C1)N1CCC2(CC1)OCCc1cc(-c3ccccc3)sc12. The quantitative estimate of drug-likeness (QED) is 0.862. The van der Waals surface area contributed by atoms with Gasteiger partial charge in [0.25, 0.3) is 0 Å². The minimum Gasteiger partial charge on any atom is -0.393 e. The monoisotopic (exact) mass is 383 g/mol. The van der Waals surface area contributed by atoms with Crippen molar-refractivity contribution in [3.63, 3.8) is 0 Å². The molecule has 3 aliphatic rings. The average Bonchev–Trinajstić information content (AvgIpc) is 3.12. The molecule has 5 heteroatoms. The van der Waals surface area contributed by atoms with Crippen LogP contribution in [0, 0.1) is 5.92 Å². The number of benzene rings is 1. The number of carbonyl (C=O) groups is 1. The Kier molecular flexibility index (Phi) is 4.34. The molecule has 27 heavy (non-hydrogen) atoms. The van der Waals surface area contributed by atoms with Crippen LogP contribution in [0.2, 0.25) is 0 Å². The normalized spacial score (nSPS) is 26.5. The maximum Gasteiger partial charge on any atom is 0.225 e. The van der Waals surface area contributed by atoms with Crippen LogP contribution in [-0.2, 0) is 21.6 Å². The Labute approximate surface area is 163 Å². The Bertz CT molecular complexity index is 832. The van der Waals surface area contributed by atoms with Gasteiger partial charge in [0.1, 0.15) is 5.60 Å². The molecule has 1 aromatic heterocycles. The molecule has 2 aromatic rings. The molecule has 1 N–H and O–H groups in total. The molecule has 0 atom stereocenters. The smallest absolute Gasteiger partial charge is 0.225 e. The van der Waals surface area contributed by atoms with Crippen LogP contribution < -0.4 is 0 Å². The molecule has 0 bridgehead atoms. The van der Waals surface area contributed by atoms with Gasteiger partial charge in [0.15, 0.2) is 0 Å². The lowest BCUT2D eigenvalue weighted by molar-refractivity contribution is -0.150. The Balaban J connectivity index is 1.35. The minimum absolute atomic E-state index is 0.0308. The number of likely N-dealkylation sites (tertiary alicyclic amines) is 1. The summed E-state index contributed by atoms with van der Waals surface area (Å²) in [6.07, 6.45) is 3.70. The first-order valence-electron chi connectivity index (χ1n) is 9.94. The Hall–Kier alpha value is -1.69. The van der Waals surface area contributed by atoms with E-state index in [0.29, 0.717) is 12.8 Å². The van der Waals surface area contributed by atoms with Crippen molar-refractivity contribution in [2.75, 3.05) is 19.7 Å². The first kappa shape index (κ1) is 17.4. The number of thiophene rings is 1. The van der Waals surface area contributed by atoms with Crippen molar-refractivity contribution >= 4 is 17.2 Å². The first-order valence-corrected chi connectivity index (χ1v) is 10.8. The lowest BCUT2D eigenvalue weighted by Gasteiger charge is -2.45. The molecule has 5 rings (SSSR count). The van der Waals surface area contributed by atoms with Gasteiger partial charge < -0.3 is 14.7 Å². The van der Waals surface area contributed by atoms with E-state index in [1.807, 2.05) is 16.2 Å². The van der Waals surface area contributed by atoms with Gasteiger partial charge in [-0.1, -0.05) is 30.3 Å². The summed E-state index contributed by atoms with van der Waals surface area (Å²) in [5, 5.41) is 9.48. The van der Waals surface area contributed by atoms with Crippen LogP contribution in [0.15, 0.2) is 36.4 Å². The molecule has 4 nitrogen and oxygen atoms in total. The molecule has 1 saturated carbocycles. The molecule has 0 radical (unpaired) electrons. The molecular weight excluding hydrogens is 358 g/mol. The highest BCUT2D eigenvalue weighted by Crippen LogP contribution is 2.47. The van der Waals surface area contributed by atoms with Gasteiger partial charge in [0.05, 0.1) is 12.7 Å². The van der Waals surface area contributed by atoms with Crippen LogP contribution in [0.25, 0.3) is 10.4 Å². The van der Waals surface area contributed by atoms with E-state index in [1.54, 1.807) is 0 Å². The van der Waals surface area contributed by atoms with Crippen molar-refractivity contribution in [1.29, 1.82) is 0 Å². The number of fused-ring (bicyclic) bond motifs is 2. The van der Waals surface area contributed by atoms with Gasteiger partial charge in [-0.3, -0.25) is 4.79 Å². The molecular formula is C22H25NO3S. The van der Waals surface area contributed by atoms with Crippen LogP contribution in [0.3, 0.4) is 0 Å². The highest BCUT2D eigenvalue weighted by molar-refractivity contribution is 7.15. The molecule has 1 saturated heterocycles. The molecule has 3 heterocycles. The lowest BCUT2D eigenvalue weighted by atomic mass is 9.80. The van der Waals surface area contributed by atoms with Gasteiger partial charge in [0.2, 0.25) is 5.91 Å². The zero-order valence-corrected chi connectivity index (χ0v) is 16.2. The predicted molar refractivity (Wildman–Crippen MR) is 106 cm³/mol. The highest BCUT2D eigenvalue weighted by atomic mass is 32.1. The molecule has 0 unspecified atom stereocenters. The molecule has 142 valence electrons. The van der Waals surface area contributed by atoms with Crippen molar-refractivity contribution in [2.24, 2.45) is 5.92 Å². The Morgan fingerprint density at radius 3 is 2.63 bits per heavy atom. The fraction of sp³-hybridized carbons (Fsp3) is 0.500. The summed E-state index contributed by atoms with van der Waals surface area (Å²) in [6.45, 7) is 2.27. The summed E-state index contributed by atoms with van der Waals surface area (Å²) >= 11 is 1.86. The van der Waals surface area contributed by atoms with E-state index in [-0.39, 0.29) is 23.5 Å². The fourth-order valence-corrected chi connectivity index (χ4v) is 6.09. The second kappa shape index (κ2) is 6.73. The number of nitrogens with zero attached hydrogens (tertiary/aromatic N) is 1. The maximum absolute atomic E-state index is 12.6. The van der Waals surface area contributed by atoms with E-state index in [2.05, 4.69) is 36.4 Å². The van der Waals surface area contributed by atoms with Gasteiger partial charge in [-0.05, 0) is 49.3 Å². The molecule has 1 amide bonds. The van der Waals surface area contributed by atoms with E-state index >= 15 is 0 Å². The van der Waals surface area contributed by atoms with E-state index < -0.39 is 0 Å². The van der Waals surface area contributed by atoms with E-state index in [1.165, 1.54) is 20.9 Å². The number of aliphatic hydroxyl groups is 1. The van der Waals surface area contributed by atoms with E-state index in [9.17, 15) is 9.90 Å². The molecule has 2 fully saturated rings. The van der Waals surface area contributed by atoms with E-state index in [4.69, 9.17) is 4.74 Å². The van der Waals surface area contributed by atoms with E-state index in [0.717, 1.165) is 39.0 Å². The van der Waals surface area contributed by atoms with Crippen molar-refractivity contribution in [2.45, 2.75) is 43.8 Å². The summed E-state index contributed by atoms with van der Waals surface area (Å²) in [5.74, 6) is 0.255. The van der Waals surface area contributed by atoms with Gasteiger partial charge in [-0.15, -0.1) is 11.3 Å². The number of hydrogen-bond donors (Lipinski definition) is 1. The van der Waals surface area contributed by atoms with Crippen molar-refractivity contribution in [3.8, 4) is 10.4 Å². The van der Waals surface area contributed by atoms with Crippen molar-refractivity contribution in [1.82, 2.24) is 4.90 Å². The zero-order chi connectivity index (χ0) is 18.4. The standard InChI is InChI=1S/C22H25NO3S/c24-18-12-17(13-18)21(25)23-9-7-22(8-10-23)20-16(6-11-26-22)14-19(27-20)15-4-2-1-3-5-15/h1-5,14,17-18,24H,6-13H2. The number of carbonyl (C=O) groups excluding carboxylic acids is 1. The van der Waals surface area contributed by atoms with Crippen LogP contribution in [0.4, 0.5) is 0 Å². The van der Waals surface area contributed by atoms with Crippen molar-refractivity contribution < 1.29 is 14.6 Å². The molecule has 1 spiro atoms. The second-order valence-corrected chi connectivity index (χ2v) is 9.12. The van der Waals surface area contributed by atoms with Gasteiger partial charge in [0, 0.05) is 28.8 Å². The molecule has 1 aromatic carbocycles. The third-order valence-electron chi connectivity index (χ3n) is 6.38. The number of hydrogen-bond acceptors (Lipinski definition) is 4. The Morgan fingerprint density at radius 2 is 1.93 bits per heavy atom. The average molecular weight is 384 g/mol. The third-order valence-corrected chi connectivity index (χ3v) is 7.79. The first-order chi connectivity index (χ1) is 13.1. The summed E-state index contributed by atoms with van der Waals surface area (Å²) < 4.78 is 6.36. The van der Waals surface area contributed by atoms with Crippen LogP contribution in [-0.4, -0.2) is 41.7 Å². The lowest BCUT2D eigenvalue weighted by Crippen LogP contribution is -2.51. The van der Waals surface area contributed by atoms with Crippen molar-refractivity contribution in [3.05, 3.63) is 46.8 Å². The summed E-state index contributed by atoms with van der Waals surface area (Å²) in [6, 6.07) is 12.9. The summed E-state index contributed by atoms with van der Waals surface area (Å²) in [5.41, 5.74) is 2.47. The minimum atomic E-state index is -0.276. The largest absolute Gasteiger partial charge is 0.393 e. The number of amides is 1.